The van der Waals surface area contributed by atoms with Gasteiger partial charge in [0.05, 0.1) is 0 Å². The van der Waals surface area contributed by atoms with Crippen LogP contribution in [0.5, 0.6) is 0 Å². The lowest BCUT2D eigenvalue weighted by Gasteiger charge is -2.29. The van der Waals surface area contributed by atoms with Crippen LogP contribution < -0.4 is 11.1 Å². The summed E-state index contributed by atoms with van der Waals surface area (Å²) in [5.41, 5.74) is 5.42. The summed E-state index contributed by atoms with van der Waals surface area (Å²) in [5, 5.41) is 2.89. The lowest BCUT2D eigenvalue weighted by atomic mass is 9.94. The van der Waals surface area contributed by atoms with E-state index in [0.29, 0.717) is 0 Å². The number of methoxy groups -OCH3 is 1. The van der Waals surface area contributed by atoms with Crippen LogP contribution in [0.4, 0.5) is 0 Å². The van der Waals surface area contributed by atoms with Crippen molar-refractivity contribution in [3.63, 3.8) is 0 Å². The normalized spacial score (nSPS) is 18.1. The predicted molar refractivity (Wildman–Crippen MR) is 82.2 cm³/mol. The molecule has 1 rings (SSSR count). The number of hydrogen-bond donors (Lipinski definition) is 2. The highest BCUT2D eigenvalue weighted by Gasteiger charge is 2.18. The first-order valence-electron chi connectivity index (χ1n) is 6.36. The fourth-order valence-corrected chi connectivity index (χ4v) is 2.17. The van der Waals surface area contributed by atoms with Gasteiger partial charge in [-0.1, -0.05) is 0 Å². The summed E-state index contributed by atoms with van der Waals surface area (Å²) in [6.07, 6.45) is 3.02. The molecule has 19 heavy (non-hydrogen) atoms. The molecule has 1 aliphatic rings. The molecule has 1 saturated heterocycles. The Morgan fingerprint density at radius 3 is 2.47 bits per heavy atom. The van der Waals surface area contributed by atoms with E-state index in [1.807, 2.05) is 0 Å². The standard InChI is InChI=1S/C12H25N3O2.2ClH/c1-15-7-4-10(5-8-15)3-6-14-12(16)11(9-13)17-2;;/h10-11H,3-9,13H2,1-2H3,(H,14,16);2*1H. The average Bonchev–Trinajstić information content (AvgIpc) is 2.33. The summed E-state index contributed by atoms with van der Waals surface area (Å²) in [6, 6.07) is 0. The predicted octanol–water partition coefficient (Wildman–Crippen LogP) is 0.652. The van der Waals surface area contributed by atoms with E-state index in [4.69, 9.17) is 10.5 Å². The maximum absolute atomic E-state index is 11.6. The number of nitrogens with zero attached hydrogens (tertiary/aromatic N) is 1. The van der Waals surface area contributed by atoms with E-state index in [-0.39, 0.29) is 37.3 Å². The minimum Gasteiger partial charge on any atom is -0.370 e. The second-order valence-corrected chi connectivity index (χ2v) is 4.79. The molecule has 0 radical (unpaired) electrons. The molecule has 0 aromatic carbocycles. The molecule has 0 aromatic heterocycles. The summed E-state index contributed by atoms with van der Waals surface area (Å²) in [7, 11) is 3.66. The summed E-state index contributed by atoms with van der Waals surface area (Å²) in [5.74, 6) is 0.647. The molecule has 1 fully saturated rings. The fourth-order valence-electron chi connectivity index (χ4n) is 2.17. The lowest BCUT2D eigenvalue weighted by Crippen LogP contribution is -2.41. The molecular weight excluding hydrogens is 289 g/mol. The first-order chi connectivity index (χ1) is 8.17. The van der Waals surface area contributed by atoms with Crippen molar-refractivity contribution in [3.05, 3.63) is 0 Å². The van der Waals surface area contributed by atoms with Gasteiger partial charge in [-0.3, -0.25) is 4.79 Å². The van der Waals surface area contributed by atoms with Crippen LogP contribution >= 0.6 is 24.8 Å². The smallest absolute Gasteiger partial charge is 0.250 e. The topological polar surface area (TPSA) is 67.6 Å². The highest BCUT2D eigenvalue weighted by atomic mass is 35.5. The molecule has 1 amide bonds. The molecule has 1 unspecified atom stereocenters. The first-order valence-corrected chi connectivity index (χ1v) is 6.36. The van der Waals surface area contributed by atoms with Crippen molar-refractivity contribution >= 4 is 30.7 Å². The number of ether oxygens (including phenoxy) is 1. The third kappa shape index (κ3) is 7.95. The highest BCUT2D eigenvalue weighted by molar-refractivity contribution is 5.85. The van der Waals surface area contributed by atoms with Gasteiger partial charge in [-0.05, 0) is 45.3 Å². The van der Waals surface area contributed by atoms with Crippen molar-refractivity contribution in [2.24, 2.45) is 11.7 Å². The molecule has 0 aromatic rings. The van der Waals surface area contributed by atoms with Crippen molar-refractivity contribution < 1.29 is 9.53 Å². The zero-order valence-corrected chi connectivity index (χ0v) is 13.4. The van der Waals surface area contributed by atoms with Gasteiger partial charge < -0.3 is 20.7 Å². The number of rotatable bonds is 6. The van der Waals surface area contributed by atoms with Crippen LogP contribution in [0.1, 0.15) is 19.3 Å². The van der Waals surface area contributed by atoms with Crippen LogP contribution in [0.25, 0.3) is 0 Å². The van der Waals surface area contributed by atoms with Gasteiger partial charge >= 0.3 is 0 Å². The number of nitrogens with one attached hydrogen (secondary N) is 1. The summed E-state index contributed by atoms with van der Waals surface area (Å²) in [6.45, 7) is 3.30. The fraction of sp³-hybridized carbons (Fsp3) is 0.917. The van der Waals surface area contributed by atoms with Gasteiger partial charge in [-0.25, -0.2) is 0 Å². The Kier molecular flexibility index (Phi) is 13.1. The van der Waals surface area contributed by atoms with E-state index in [1.165, 1.54) is 33.0 Å². The third-order valence-electron chi connectivity index (χ3n) is 3.48. The van der Waals surface area contributed by atoms with E-state index in [9.17, 15) is 4.79 Å². The van der Waals surface area contributed by atoms with Gasteiger partial charge in [0.1, 0.15) is 6.10 Å². The van der Waals surface area contributed by atoms with Crippen LogP contribution in [0, 0.1) is 5.92 Å². The maximum Gasteiger partial charge on any atom is 0.250 e. The van der Waals surface area contributed by atoms with Crippen LogP contribution in [-0.4, -0.2) is 57.2 Å². The van der Waals surface area contributed by atoms with Crippen LogP contribution in [0.15, 0.2) is 0 Å². The SMILES string of the molecule is COC(CN)C(=O)NCCC1CCN(C)CC1.Cl.Cl. The number of carbonyl (C=O) groups excluding carboxylic acids is 1. The number of halogens is 2. The van der Waals surface area contributed by atoms with E-state index in [1.54, 1.807) is 0 Å². The summed E-state index contributed by atoms with van der Waals surface area (Å²) >= 11 is 0. The molecule has 116 valence electrons. The average molecular weight is 316 g/mol. The second-order valence-electron chi connectivity index (χ2n) is 4.79. The molecule has 0 bridgehead atoms. The Morgan fingerprint density at radius 1 is 1.42 bits per heavy atom. The molecule has 0 aliphatic carbocycles. The van der Waals surface area contributed by atoms with E-state index in [0.717, 1.165) is 18.9 Å². The number of piperidine rings is 1. The van der Waals surface area contributed by atoms with E-state index < -0.39 is 6.10 Å². The van der Waals surface area contributed by atoms with Crippen LogP contribution in [0.3, 0.4) is 0 Å². The van der Waals surface area contributed by atoms with Crippen LogP contribution in [-0.2, 0) is 9.53 Å². The van der Waals surface area contributed by atoms with Crippen molar-refractivity contribution in [1.82, 2.24) is 10.2 Å². The zero-order chi connectivity index (χ0) is 12.7. The zero-order valence-electron chi connectivity index (χ0n) is 11.8. The van der Waals surface area contributed by atoms with Gasteiger partial charge in [0.15, 0.2) is 0 Å². The number of hydrogen-bond acceptors (Lipinski definition) is 4. The molecule has 1 heterocycles. The molecule has 1 aliphatic heterocycles. The number of amides is 1. The van der Waals surface area contributed by atoms with Gasteiger partial charge in [-0.15, -0.1) is 24.8 Å². The van der Waals surface area contributed by atoms with Gasteiger partial charge in [0.2, 0.25) is 5.91 Å². The molecule has 0 saturated carbocycles. The largest absolute Gasteiger partial charge is 0.370 e. The second kappa shape index (κ2) is 11.7. The lowest BCUT2D eigenvalue weighted by molar-refractivity contribution is -0.130. The molecule has 7 heteroatoms. The summed E-state index contributed by atoms with van der Waals surface area (Å²) < 4.78 is 4.97. The Hall–Kier alpha value is -0.0700. The maximum atomic E-state index is 11.6. The molecular formula is C12H27Cl2N3O2. The van der Waals surface area contributed by atoms with Crippen molar-refractivity contribution in [3.8, 4) is 0 Å². The highest BCUT2D eigenvalue weighted by Crippen LogP contribution is 2.18. The Labute approximate surface area is 128 Å². The molecule has 3 N–H and O–H groups in total. The Morgan fingerprint density at radius 2 is 2.00 bits per heavy atom. The van der Waals surface area contributed by atoms with Crippen LogP contribution in [0.2, 0.25) is 0 Å². The van der Waals surface area contributed by atoms with Crippen molar-refractivity contribution in [2.45, 2.75) is 25.4 Å². The Bertz CT molecular complexity index is 233. The van der Waals surface area contributed by atoms with E-state index in [2.05, 4.69) is 17.3 Å². The molecule has 0 spiro atoms. The summed E-state index contributed by atoms with van der Waals surface area (Å²) in [4.78, 5) is 13.9. The first kappa shape index (κ1) is 21.2. The van der Waals surface area contributed by atoms with E-state index >= 15 is 0 Å². The van der Waals surface area contributed by atoms with Gasteiger partial charge in [0, 0.05) is 20.2 Å². The monoisotopic (exact) mass is 315 g/mol. The number of carbonyl (C=O) groups is 1. The van der Waals surface area contributed by atoms with Gasteiger partial charge in [0.25, 0.3) is 0 Å². The third-order valence-corrected chi connectivity index (χ3v) is 3.48. The van der Waals surface area contributed by atoms with Crippen molar-refractivity contribution in [2.75, 3.05) is 40.3 Å². The molecule has 1 atom stereocenters. The van der Waals surface area contributed by atoms with Gasteiger partial charge in [-0.2, -0.15) is 0 Å². The number of likely N-dealkylation sites (tertiary alicyclic amines) is 1. The minimum atomic E-state index is -0.507. The minimum absolute atomic E-state index is 0. The number of nitrogens with two attached hydrogens (primary N) is 1. The Balaban J connectivity index is 0. The quantitative estimate of drug-likeness (QED) is 0.755. The van der Waals surface area contributed by atoms with Crippen molar-refractivity contribution in [1.29, 1.82) is 0 Å². The molecule has 5 nitrogen and oxygen atoms in total.